The maximum absolute atomic E-state index is 10.4. The van der Waals surface area contributed by atoms with E-state index < -0.39 is 6.10 Å². The van der Waals surface area contributed by atoms with Crippen molar-refractivity contribution in [2.24, 2.45) is 0 Å². The first-order valence-electron chi connectivity index (χ1n) is 5.98. The molecule has 0 bridgehead atoms. The molecule has 96 valence electrons. The summed E-state index contributed by atoms with van der Waals surface area (Å²) in [4.78, 5) is 0.903. The number of aliphatic hydroxyl groups is 1. The zero-order valence-corrected chi connectivity index (χ0v) is 11.8. The maximum atomic E-state index is 10.4. The molecule has 0 saturated carbocycles. The molecule has 1 unspecified atom stereocenters. The normalized spacial score (nSPS) is 12.4. The summed E-state index contributed by atoms with van der Waals surface area (Å²) in [7, 11) is 1.64. The second kappa shape index (κ2) is 5.55. The van der Waals surface area contributed by atoms with Crippen LogP contribution >= 0.6 is 11.3 Å². The first-order chi connectivity index (χ1) is 8.63. The van der Waals surface area contributed by atoms with Crippen LogP contribution in [-0.2, 0) is 6.42 Å². The van der Waals surface area contributed by atoms with Crippen LogP contribution in [0.25, 0.3) is 0 Å². The molecule has 0 fully saturated rings. The predicted molar refractivity (Wildman–Crippen MR) is 75.5 cm³/mol. The van der Waals surface area contributed by atoms with Crippen LogP contribution < -0.4 is 4.74 Å². The van der Waals surface area contributed by atoms with Gasteiger partial charge in [-0.15, -0.1) is 11.3 Å². The van der Waals surface area contributed by atoms with Crippen molar-refractivity contribution in [2.75, 3.05) is 7.11 Å². The minimum absolute atomic E-state index is 0.500. The highest BCUT2D eigenvalue weighted by atomic mass is 32.1. The molecule has 3 heteroatoms. The summed E-state index contributed by atoms with van der Waals surface area (Å²) < 4.78 is 5.26. The van der Waals surface area contributed by atoms with E-state index in [9.17, 15) is 5.11 Å². The fourth-order valence-electron chi connectivity index (χ4n) is 2.18. The Labute approximate surface area is 112 Å². The lowest BCUT2D eigenvalue weighted by Gasteiger charge is -2.14. The fraction of sp³-hybridized carbons (Fsp3) is 0.333. The summed E-state index contributed by atoms with van der Waals surface area (Å²) in [6.07, 6.45) is 0.134. The first-order valence-corrected chi connectivity index (χ1v) is 6.86. The van der Waals surface area contributed by atoms with Gasteiger partial charge in [-0.05, 0) is 42.0 Å². The van der Waals surface area contributed by atoms with Crippen LogP contribution in [0.3, 0.4) is 0 Å². The quantitative estimate of drug-likeness (QED) is 0.911. The molecule has 1 atom stereocenters. The molecule has 0 amide bonds. The van der Waals surface area contributed by atoms with Gasteiger partial charge in [0.2, 0.25) is 0 Å². The number of hydrogen-bond acceptors (Lipinski definition) is 3. The summed E-state index contributed by atoms with van der Waals surface area (Å²) in [6.45, 7) is 4.17. The van der Waals surface area contributed by atoms with Gasteiger partial charge in [-0.3, -0.25) is 0 Å². The van der Waals surface area contributed by atoms with Gasteiger partial charge in [-0.25, -0.2) is 0 Å². The number of rotatable bonds is 4. The lowest BCUT2D eigenvalue weighted by atomic mass is 9.97. The van der Waals surface area contributed by atoms with Crippen molar-refractivity contribution in [1.82, 2.24) is 0 Å². The molecule has 1 aromatic heterocycles. The largest absolute Gasteiger partial charge is 0.495 e. The van der Waals surface area contributed by atoms with E-state index in [1.54, 1.807) is 7.11 Å². The Bertz CT molecular complexity index is 511. The lowest BCUT2D eigenvalue weighted by Crippen LogP contribution is -2.04. The van der Waals surface area contributed by atoms with Crippen molar-refractivity contribution in [3.63, 3.8) is 0 Å². The number of methoxy groups -OCH3 is 1. The highest BCUT2D eigenvalue weighted by Crippen LogP contribution is 2.33. The summed E-state index contributed by atoms with van der Waals surface area (Å²) >= 11 is 1.54. The molecule has 18 heavy (non-hydrogen) atoms. The average molecular weight is 262 g/mol. The number of ether oxygens (including phenoxy) is 1. The standard InChI is InChI=1S/C15H18O2S/c1-10-5-4-6-11(2)12(10)9-13(16)15-14(17-3)7-8-18-15/h4-8,13,16H,9H2,1-3H3. The van der Waals surface area contributed by atoms with E-state index in [0.717, 1.165) is 10.6 Å². The average Bonchev–Trinajstić information content (AvgIpc) is 2.82. The van der Waals surface area contributed by atoms with E-state index >= 15 is 0 Å². The SMILES string of the molecule is COc1ccsc1C(O)Cc1c(C)cccc1C. The Morgan fingerprint density at radius 3 is 2.50 bits per heavy atom. The summed E-state index contributed by atoms with van der Waals surface area (Å²) in [5, 5.41) is 12.3. The second-order valence-corrected chi connectivity index (χ2v) is 5.39. The van der Waals surface area contributed by atoms with Crippen LogP contribution in [0.4, 0.5) is 0 Å². The molecule has 1 N–H and O–H groups in total. The lowest BCUT2D eigenvalue weighted by molar-refractivity contribution is 0.178. The van der Waals surface area contributed by atoms with Gasteiger partial charge >= 0.3 is 0 Å². The molecule has 0 radical (unpaired) electrons. The third kappa shape index (κ3) is 2.57. The zero-order valence-electron chi connectivity index (χ0n) is 10.9. The zero-order chi connectivity index (χ0) is 13.1. The number of hydrogen-bond donors (Lipinski definition) is 1. The fourth-order valence-corrected chi connectivity index (χ4v) is 3.02. The Morgan fingerprint density at radius 1 is 1.22 bits per heavy atom. The Morgan fingerprint density at radius 2 is 1.89 bits per heavy atom. The number of benzene rings is 1. The van der Waals surface area contributed by atoms with Gasteiger partial charge in [0.15, 0.2) is 0 Å². The molecule has 0 aliphatic carbocycles. The monoisotopic (exact) mass is 262 g/mol. The van der Waals surface area contributed by atoms with E-state index in [1.807, 2.05) is 17.5 Å². The van der Waals surface area contributed by atoms with E-state index in [4.69, 9.17) is 4.74 Å². The molecule has 2 rings (SSSR count). The van der Waals surface area contributed by atoms with Crippen LogP contribution in [0, 0.1) is 13.8 Å². The third-order valence-electron chi connectivity index (χ3n) is 3.22. The van der Waals surface area contributed by atoms with E-state index in [1.165, 1.54) is 28.0 Å². The van der Waals surface area contributed by atoms with Crippen molar-refractivity contribution in [3.05, 3.63) is 51.2 Å². The van der Waals surface area contributed by atoms with Crippen LogP contribution in [0.1, 0.15) is 27.7 Å². The number of thiophene rings is 1. The van der Waals surface area contributed by atoms with Gasteiger partial charge < -0.3 is 9.84 Å². The summed E-state index contributed by atoms with van der Waals surface area (Å²) in [5.74, 6) is 0.777. The van der Waals surface area contributed by atoms with Gasteiger partial charge in [0, 0.05) is 6.42 Å². The second-order valence-electron chi connectivity index (χ2n) is 4.44. The van der Waals surface area contributed by atoms with Crippen LogP contribution in [0.15, 0.2) is 29.6 Å². The maximum Gasteiger partial charge on any atom is 0.135 e. The highest BCUT2D eigenvalue weighted by Gasteiger charge is 2.17. The molecule has 0 spiro atoms. The van der Waals surface area contributed by atoms with Gasteiger partial charge in [-0.2, -0.15) is 0 Å². The molecule has 2 aromatic rings. The number of aryl methyl sites for hydroxylation is 2. The molecule has 2 nitrogen and oxygen atoms in total. The molecule has 0 aliphatic rings. The topological polar surface area (TPSA) is 29.5 Å². The van der Waals surface area contributed by atoms with Gasteiger partial charge in [0.05, 0.1) is 18.1 Å². The van der Waals surface area contributed by atoms with Crippen molar-refractivity contribution >= 4 is 11.3 Å². The van der Waals surface area contributed by atoms with E-state index in [2.05, 4.69) is 26.0 Å². The Kier molecular flexibility index (Phi) is 4.04. The molecular formula is C15H18O2S. The summed E-state index contributed by atoms with van der Waals surface area (Å²) in [5.41, 5.74) is 3.68. The van der Waals surface area contributed by atoms with E-state index in [-0.39, 0.29) is 0 Å². The van der Waals surface area contributed by atoms with Crippen molar-refractivity contribution in [1.29, 1.82) is 0 Å². The molecule has 1 aromatic carbocycles. The third-order valence-corrected chi connectivity index (χ3v) is 4.22. The van der Waals surface area contributed by atoms with Crippen molar-refractivity contribution < 1.29 is 9.84 Å². The summed E-state index contributed by atoms with van der Waals surface area (Å²) in [6, 6.07) is 8.11. The molecular weight excluding hydrogens is 244 g/mol. The predicted octanol–water partition coefficient (Wildman–Crippen LogP) is 3.65. The van der Waals surface area contributed by atoms with Crippen LogP contribution in [-0.4, -0.2) is 12.2 Å². The first kappa shape index (κ1) is 13.1. The minimum Gasteiger partial charge on any atom is -0.495 e. The molecule has 0 aliphatic heterocycles. The molecule has 0 saturated heterocycles. The molecule has 1 heterocycles. The Balaban J connectivity index is 2.24. The Hall–Kier alpha value is -1.32. The smallest absolute Gasteiger partial charge is 0.135 e. The van der Waals surface area contributed by atoms with E-state index in [0.29, 0.717) is 6.42 Å². The minimum atomic E-state index is -0.500. The van der Waals surface area contributed by atoms with Crippen molar-refractivity contribution in [2.45, 2.75) is 26.4 Å². The van der Waals surface area contributed by atoms with Gasteiger partial charge in [-0.1, -0.05) is 18.2 Å². The number of aliphatic hydroxyl groups excluding tert-OH is 1. The van der Waals surface area contributed by atoms with Crippen molar-refractivity contribution in [3.8, 4) is 5.75 Å². The van der Waals surface area contributed by atoms with Crippen LogP contribution in [0.2, 0.25) is 0 Å². The van der Waals surface area contributed by atoms with Crippen LogP contribution in [0.5, 0.6) is 5.75 Å². The highest BCUT2D eigenvalue weighted by molar-refractivity contribution is 7.10. The van der Waals surface area contributed by atoms with Gasteiger partial charge in [0.1, 0.15) is 5.75 Å². The van der Waals surface area contributed by atoms with Gasteiger partial charge in [0.25, 0.3) is 0 Å².